The number of methoxy groups -OCH3 is 1. The zero-order chi connectivity index (χ0) is 24.0. The van der Waals surface area contributed by atoms with Crippen molar-refractivity contribution in [1.82, 2.24) is 14.7 Å². The summed E-state index contributed by atoms with van der Waals surface area (Å²) in [5.41, 5.74) is 1.24. The van der Waals surface area contributed by atoms with Crippen molar-refractivity contribution in [3.63, 3.8) is 0 Å². The van der Waals surface area contributed by atoms with Crippen molar-refractivity contribution in [2.75, 3.05) is 33.4 Å². The van der Waals surface area contributed by atoms with Gasteiger partial charge in [0.1, 0.15) is 24.6 Å². The molecular weight excluding hydrogens is 454 g/mol. The minimum Gasteiger partial charge on any atom is -0.493 e. The normalized spacial score (nSPS) is 18.6. The van der Waals surface area contributed by atoms with Crippen LogP contribution in [0.4, 0.5) is 0 Å². The zero-order valence-electron chi connectivity index (χ0n) is 19.7. The van der Waals surface area contributed by atoms with Gasteiger partial charge in [-0.25, -0.2) is 0 Å². The van der Waals surface area contributed by atoms with E-state index in [0.29, 0.717) is 54.9 Å². The Morgan fingerprint density at radius 1 is 1.12 bits per heavy atom. The van der Waals surface area contributed by atoms with Gasteiger partial charge in [-0.1, -0.05) is 23.7 Å². The molecule has 1 aliphatic heterocycles. The van der Waals surface area contributed by atoms with Gasteiger partial charge in [-0.15, -0.1) is 0 Å². The molecule has 0 bridgehead atoms. The van der Waals surface area contributed by atoms with Crippen LogP contribution in [0, 0.1) is 6.92 Å². The molecule has 1 saturated heterocycles. The van der Waals surface area contributed by atoms with E-state index in [1.165, 1.54) is 0 Å². The topological polar surface area (TPSA) is 69.0 Å². The standard InChI is InChI=1S/C26H32ClN3O4/c1-20-5-7-22(27)24(15-20)34-19-26(31)9-3-11-29(18-26)17-21-6-8-23(32-2)25(16-21)33-14-13-30-12-4-10-28-30/h4-8,10,12,15-16,31H,3,9,11,13-14,17-19H2,1-2H3/t26-/m1/s1. The van der Waals surface area contributed by atoms with E-state index < -0.39 is 5.60 Å². The highest BCUT2D eigenvalue weighted by molar-refractivity contribution is 6.32. The number of nitrogens with zero attached hydrogens (tertiary/aromatic N) is 3. The molecular formula is C26H32ClN3O4. The third-order valence-corrected chi connectivity index (χ3v) is 6.30. The van der Waals surface area contributed by atoms with Gasteiger partial charge in [0, 0.05) is 25.5 Å². The van der Waals surface area contributed by atoms with Crippen molar-refractivity contribution in [3.8, 4) is 17.2 Å². The Morgan fingerprint density at radius 2 is 2.00 bits per heavy atom. The molecule has 8 heteroatoms. The molecule has 1 N–H and O–H groups in total. The Hall–Kier alpha value is -2.74. The lowest BCUT2D eigenvalue weighted by atomic mass is 9.93. The summed E-state index contributed by atoms with van der Waals surface area (Å²) in [7, 11) is 1.64. The Morgan fingerprint density at radius 3 is 2.79 bits per heavy atom. The van der Waals surface area contributed by atoms with Gasteiger partial charge in [0.05, 0.1) is 18.7 Å². The highest BCUT2D eigenvalue weighted by Gasteiger charge is 2.34. The Kier molecular flexibility index (Phi) is 7.98. The number of piperidine rings is 1. The van der Waals surface area contributed by atoms with Gasteiger partial charge in [0.25, 0.3) is 0 Å². The maximum absolute atomic E-state index is 11.2. The van der Waals surface area contributed by atoms with Crippen molar-refractivity contribution in [2.45, 2.75) is 38.5 Å². The number of benzene rings is 2. The second-order valence-electron chi connectivity index (χ2n) is 8.86. The van der Waals surface area contributed by atoms with Crippen molar-refractivity contribution in [1.29, 1.82) is 0 Å². The third-order valence-electron chi connectivity index (χ3n) is 5.99. The van der Waals surface area contributed by atoms with Crippen LogP contribution in [0.1, 0.15) is 24.0 Å². The molecule has 0 radical (unpaired) electrons. The number of hydrogen-bond donors (Lipinski definition) is 1. The van der Waals surface area contributed by atoms with E-state index in [1.54, 1.807) is 13.3 Å². The molecule has 1 aromatic heterocycles. The summed E-state index contributed by atoms with van der Waals surface area (Å²) in [6.45, 7) is 5.48. The Bertz CT molecular complexity index is 1080. The Labute approximate surface area is 205 Å². The van der Waals surface area contributed by atoms with Gasteiger partial charge in [-0.2, -0.15) is 5.10 Å². The van der Waals surface area contributed by atoms with Crippen LogP contribution in [0.3, 0.4) is 0 Å². The lowest BCUT2D eigenvalue weighted by molar-refractivity contribution is -0.0621. The quantitative estimate of drug-likeness (QED) is 0.460. The second-order valence-corrected chi connectivity index (χ2v) is 9.27. The molecule has 7 nitrogen and oxygen atoms in total. The number of halogens is 1. The molecule has 3 aromatic rings. The van der Waals surface area contributed by atoms with Gasteiger partial charge in [0.15, 0.2) is 11.5 Å². The number of hydrogen-bond acceptors (Lipinski definition) is 6. The molecule has 182 valence electrons. The number of aryl methyl sites for hydroxylation is 1. The van der Waals surface area contributed by atoms with Crippen LogP contribution in [0.2, 0.25) is 5.02 Å². The van der Waals surface area contributed by atoms with Crippen LogP contribution in [-0.2, 0) is 13.1 Å². The van der Waals surface area contributed by atoms with Gasteiger partial charge < -0.3 is 19.3 Å². The van der Waals surface area contributed by atoms with Crippen LogP contribution >= 0.6 is 11.6 Å². The highest BCUT2D eigenvalue weighted by atomic mass is 35.5. The largest absolute Gasteiger partial charge is 0.493 e. The summed E-state index contributed by atoms with van der Waals surface area (Å²) >= 11 is 6.26. The van der Waals surface area contributed by atoms with Crippen LogP contribution in [0.15, 0.2) is 54.9 Å². The minimum absolute atomic E-state index is 0.205. The van der Waals surface area contributed by atoms with Crippen molar-refractivity contribution < 1.29 is 19.3 Å². The molecule has 4 rings (SSSR count). The molecule has 0 unspecified atom stereocenters. The monoisotopic (exact) mass is 485 g/mol. The number of aromatic nitrogens is 2. The van der Waals surface area contributed by atoms with E-state index in [0.717, 1.165) is 24.1 Å². The van der Waals surface area contributed by atoms with Crippen LogP contribution < -0.4 is 14.2 Å². The summed E-state index contributed by atoms with van der Waals surface area (Å²) in [6, 6.07) is 13.5. The zero-order valence-corrected chi connectivity index (χ0v) is 20.5. The fourth-order valence-corrected chi connectivity index (χ4v) is 4.44. The number of aliphatic hydroxyl groups is 1. The average Bonchev–Trinajstić information content (AvgIpc) is 3.34. The lowest BCUT2D eigenvalue weighted by Crippen LogP contribution is -2.51. The number of likely N-dealkylation sites (tertiary alicyclic amines) is 1. The Balaban J connectivity index is 1.36. The van der Waals surface area contributed by atoms with Crippen LogP contribution in [0.25, 0.3) is 0 Å². The van der Waals surface area contributed by atoms with Gasteiger partial charge in [-0.3, -0.25) is 9.58 Å². The fraction of sp³-hybridized carbons (Fsp3) is 0.423. The number of β-amino-alcohol motifs (C(OH)–C–C–N with tert-alkyl or cyclic N) is 1. The average molecular weight is 486 g/mol. The summed E-state index contributed by atoms with van der Waals surface area (Å²) in [5, 5.41) is 16.0. The summed E-state index contributed by atoms with van der Waals surface area (Å²) in [6.07, 6.45) is 5.24. The minimum atomic E-state index is -0.930. The predicted octanol–water partition coefficient (Wildman–Crippen LogP) is 4.34. The third kappa shape index (κ3) is 6.44. The number of ether oxygens (including phenoxy) is 3. The predicted molar refractivity (Wildman–Crippen MR) is 132 cm³/mol. The van der Waals surface area contributed by atoms with Crippen molar-refractivity contribution in [3.05, 3.63) is 71.0 Å². The second kappa shape index (κ2) is 11.1. The smallest absolute Gasteiger partial charge is 0.161 e. The van der Waals surface area contributed by atoms with Gasteiger partial charge in [-0.05, 0) is 67.8 Å². The molecule has 1 aliphatic rings. The first-order chi connectivity index (χ1) is 16.4. The van der Waals surface area contributed by atoms with Gasteiger partial charge >= 0.3 is 0 Å². The molecule has 2 heterocycles. The molecule has 34 heavy (non-hydrogen) atoms. The van der Waals surface area contributed by atoms with Crippen LogP contribution in [-0.4, -0.2) is 58.8 Å². The maximum atomic E-state index is 11.2. The van der Waals surface area contributed by atoms with Crippen molar-refractivity contribution in [2.24, 2.45) is 0 Å². The number of rotatable bonds is 10. The van der Waals surface area contributed by atoms with E-state index in [9.17, 15) is 5.11 Å². The molecule has 0 amide bonds. The lowest BCUT2D eigenvalue weighted by Gasteiger charge is -2.39. The molecule has 1 fully saturated rings. The maximum Gasteiger partial charge on any atom is 0.161 e. The van der Waals surface area contributed by atoms with E-state index in [1.807, 2.05) is 60.3 Å². The molecule has 0 saturated carbocycles. The summed E-state index contributed by atoms with van der Waals surface area (Å²) < 4.78 is 19.2. The first-order valence-electron chi connectivity index (χ1n) is 11.5. The van der Waals surface area contributed by atoms with E-state index in [-0.39, 0.29) is 6.61 Å². The van der Waals surface area contributed by atoms with Gasteiger partial charge in [0.2, 0.25) is 0 Å². The van der Waals surface area contributed by atoms with E-state index in [4.69, 9.17) is 25.8 Å². The molecule has 2 aromatic carbocycles. The first kappa shape index (κ1) is 24.4. The first-order valence-corrected chi connectivity index (χ1v) is 11.9. The molecule has 1 atom stereocenters. The molecule has 0 aliphatic carbocycles. The van der Waals surface area contributed by atoms with E-state index >= 15 is 0 Å². The van der Waals surface area contributed by atoms with Crippen molar-refractivity contribution >= 4 is 11.6 Å². The van der Waals surface area contributed by atoms with Crippen LogP contribution in [0.5, 0.6) is 17.2 Å². The summed E-state index contributed by atoms with van der Waals surface area (Å²) in [5.74, 6) is 2.01. The van der Waals surface area contributed by atoms with E-state index in [2.05, 4.69) is 10.00 Å². The fourth-order valence-electron chi connectivity index (χ4n) is 4.26. The molecule has 0 spiro atoms. The SMILES string of the molecule is COc1ccc(CN2CCC[C@](O)(COc3cc(C)ccc3Cl)C2)cc1OCCn1cccn1. The highest BCUT2D eigenvalue weighted by Crippen LogP contribution is 2.31. The summed E-state index contributed by atoms with van der Waals surface area (Å²) in [4.78, 5) is 2.25.